The minimum absolute atomic E-state index is 0.149. The van der Waals surface area contributed by atoms with Crippen molar-refractivity contribution < 1.29 is 4.79 Å². The lowest BCUT2D eigenvalue weighted by molar-refractivity contribution is -0.115. The zero-order chi connectivity index (χ0) is 21.4. The Kier molecular flexibility index (Phi) is 5.77. The number of thiazole rings is 1. The lowest BCUT2D eigenvalue weighted by atomic mass is 10.1. The highest BCUT2D eigenvalue weighted by Crippen LogP contribution is 2.31. The van der Waals surface area contributed by atoms with Crippen LogP contribution in [0, 0.1) is 20.8 Å². The van der Waals surface area contributed by atoms with E-state index in [2.05, 4.69) is 25.4 Å². The van der Waals surface area contributed by atoms with Crippen LogP contribution in [0.25, 0.3) is 17.0 Å². The fourth-order valence-corrected chi connectivity index (χ4v) is 4.50. The Balaban J connectivity index is 1.55. The number of anilines is 1. The van der Waals surface area contributed by atoms with E-state index >= 15 is 0 Å². The summed E-state index contributed by atoms with van der Waals surface area (Å²) in [4.78, 5) is 27.2. The molecule has 0 saturated heterocycles. The van der Waals surface area contributed by atoms with Crippen molar-refractivity contribution in [1.29, 1.82) is 0 Å². The van der Waals surface area contributed by atoms with Crippen molar-refractivity contribution >= 4 is 51.5 Å². The number of carbonyl (C=O) groups is 1. The number of carbonyl (C=O) groups excluding carboxylic acids is 1. The van der Waals surface area contributed by atoms with E-state index in [-0.39, 0.29) is 12.3 Å². The summed E-state index contributed by atoms with van der Waals surface area (Å²) in [6.45, 7) is 5.79. The van der Waals surface area contributed by atoms with Gasteiger partial charge in [0.05, 0.1) is 12.1 Å². The van der Waals surface area contributed by atoms with Crippen LogP contribution in [-0.2, 0) is 11.2 Å². The third-order valence-electron chi connectivity index (χ3n) is 4.71. The second kappa shape index (κ2) is 8.33. The Bertz CT molecular complexity index is 1250. The van der Waals surface area contributed by atoms with Crippen LogP contribution in [0.5, 0.6) is 0 Å². The summed E-state index contributed by atoms with van der Waals surface area (Å²) < 4.78 is 1.69. The van der Waals surface area contributed by atoms with Crippen molar-refractivity contribution in [3.8, 4) is 11.3 Å². The molecule has 7 nitrogen and oxygen atoms in total. The van der Waals surface area contributed by atoms with Crippen LogP contribution in [0.4, 0.5) is 5.13 Å². The molecule has 0 unspecified atom stereocenters. The van der Waals surface area contributed by atoms with E-state index in [4.69, 9.17) is 11.6 Å². The standard InChI is InChI=1S/C20H19ClN6OS2/c1-10-15(11(2)27-18(22-10)25-20(26-27)29-4)9-16(28)23-19-24-17(12(3)30-19)13-5-7-14(21)8-6-13/h5-8H,9H2,1-4H3,(H,23,24,28). The van der Waals surface area contributed by atoms with Gasteiger partial charge in [0.1, 0.15) is 0 Å². The van der Waals surface area contributed by atoms with Gasteiger partial charge in [0.15, 0.2) is 5.13 Å². The van der Waals surface area contributed by atoms with Gasteiger partial charge in [0, 0.05) is 32.4 Å². The summed E-state index contributed by atoms with van der Waals surface area (Å²) in [5.41, 5.74) is 4.27. The van der Waals surface area contributed by atoms with E-state index in [1.54, 1.807) is 4.52 Å². The fraction of sp³-hybridized carbons (Fsp3) is 0.250. The number of fused-ring (bicyclic) bond motifs is 1. The number of nitrogens with zero attached hydrogens (tertiary/aromatic N) is 5. The molecule has 10 heteroatoms. The van der Waals surface area contributed by atoms with Gasteiger partial charge in [-0.3, -0.25) is 4.79 Å². The van der Waals surface area contributed by atoms with Crippen LogP contribution in [0.15, 0.2) is 29.4 Å². The van der Waals surface area contributed by atoms with Crippen LogP contribution < -0.4 is 5.32 Å². The smallest absolute Gasteiger partial charge is 0.253 e. The van der Waals surface area contributed by atoms with Crippen molar-refractivity contribution in [3.05, 3.63) is 51.1 Å². The summed E-state index contributed by atoms with van der Waals surface area (Å²) in [5.74, 6) is 0.394. The molecule has 0 atom stereocenters. The summed E-state index contributed by atoms with van der Waals surface area (Å²) >= 11 is 8.87. The van der Waals surface area contributed by atoms with E-state index in [1.165, 1.54) is 23.1 Å². The third kappa shape index (κ3) is 4.05. The molecule has 4 aromatic rings. The first-order chi connectivity index (χ1) is 14.4. The molecule has 0 saturated carbocycles. The number of benzene rings is 1. The molecule has 0 radical (unpaired) electrons. The van der Waals surface area contributed by atoms with Crippen LogP contribution >= 0.6 is 34.7 Å². The normalized spacial score (nSPS) is 11.2. The number of rotatable bonds is 5. The molecule has 0 fully saturated rings. The Labute approximate surface area is 186 Å². The average molecular weight is 459 g/mol. The van der Waals surface area contributed by atoms with Gasteiger partial charge in [-0.15, -0.1) is 16.4 Å². The maximum atomic E-state index is 12.7. The van der Waals surface area contributed by atoms with Gasteiger partial charge < -0.3 is 5.32 Å². The highest BCUT2D eigenvalue weighted by molar-refractivity contribution is 7.98. The van der Waals surface area contributed by atoms with E-state index in [0.717, 1.165) is 33.1 Å². The lowest BCUT2D eigenvalue weighted by Crippen LogP contribution is -2.17. The van der Waals surface area contributed by atoms with Crippen LogP contribution in [0.2, 0.25) is 5.02 Å². The van der Waals surface area contributed by atoms with Gasteiger partial charge in [0.2, 0.25) is 11.1 Å². The number of nitrogens with one attached hydrogen (secondary N) is 1. The Morgan fingerprint density at radius 3 is 2.60 bits per heavy atom. The molecule has 0 bridgehead atoms. The molecule has 1 N–H and O–H groups in total. The predicted octanol–water partition coefficient (Wildman–Crippen LogP) is 4.73. The maximum Gasteiger partial charge on any atom is 0.253 e. The number of amides is 1. The number of aromatic nitrogens is 5. The fourth-order valence-electron chi connectivity index (χ4n) is 3.18. The van der Waals surface area contributed by atoms with Crippen LogP contribution in [0.3, 0.4) is 0 Å². The van der Waals surface area contributed by atoms with Gasteiger partial charge in [-0.1, -0.05) is 35.5 Å². The highest BCUT2D eigenvalue weighted by Gasteiger charge is 2.17. The van der Waals surface area contributed by atoms with Crippen molar-refractivity contribution in [2.75, 3.05) is 11.6 Å². The molecule has 3 heterocycles. The third-order valence-corrected chi connectivity index (χ3v) is 6.39. The molecule has 154 valence electrons. The summed E-state index contributed by atoms with van der Waals surface area (Å²) in [7, 11) is 0. The topological polar surface area (TPSA) is 85.1 Å². The molecule has 1 amide bonds. The maximum absolute atomic E-state index is 12.7. The zero-order valence-corrected chi connectivity index (χ0v) is 19.2. The molecule has 0 aliphatic carbocycles. The SMILES string of the molecule is CSc1nc2nc(C)c(CC(=O)Nc3nc(-c4ccc(Cl)cc4)c(C)s3)c(C)n2n1. The number of hydrogen-bond donors (Lipinski definition) is 1. The highest BCUT2D eigenvalue weighted by atomic mass is 35.5. The second-order valence-corrected chi connectivity index (χ2v) is 9.14. The minimum Gasteiger partial charge on any atom is -0.302 e. The summed E-state index contributed by atoms with van der Waals surface area (Å²) in [6.07, 6.45) is 2.10. The lowest BCUT2D eigenvalue weighted by Gasteiger charge is -2.09. The van der Waals surface area contributed by atoms with Gasteiger partial charge in [-0.05, 0) is 39.2 Å². The van der Waals surface area contributed by atoms with E-state index < -0.39 is 0 Å². The quantitative estimate of drug-likeness (QED) is 0.435. The Morgan fingerprint density at radius 2 is 1.90 bits per heavy atom. The number of aryl methyl sites for hydroxylation is 3. The Morgan fingerprint density at radius 1 is 1.17 bits per heavy atom. The molecule has 3 aromatic heterocycles. The van der Waals surface area contributed by atoms with Crippen molar-refractivity contribution in [2.45, 2.75) is 32.3 Å². The molecule has 0 aliphatic heterocycles. The first-order valence-electron chi connectivity index (χ1n) is 9.15. The van der Waals surface area contributed by atoms with Gasteiger partial charge >= 0.3 is 0 Å². The molecule has 0 aliphatic rings. The second-order valence-electron chi connectivity index (χ2n) is 6.73. The largest absolute Gasteiger partial charge is 0.302 e. The van der Waals surface area contributed by atoms with Crippen molar-refractivity contribution in [3.63, 3.8) is 0 Å². The van der Waals surface area contributed by atoms with Crippen LogP contribution in [0.1, 0.15) is 21.8 Å². The number of thioether (sulfide) groups is 1. The van der Waals surface area contributed by atoms with E-state index in [0.29, 0.717) is 21.1 Å². The van der Waals surface area contributed by atoms with E-state index in [9.17, 15) is 4.79 Å². The van der Waals surface area contributed by atoms with E-state index in [1.807, 2.05) is 51.3 Å². The Hall–Kier alpha value is -2.49. The molecule has 0 spiro atoms. The van der Waals surface area contributed by atoms with Crippen molar-refractivity contribution in [1.82, 2.24) is 24.6 Å². The molecular weight excluding hydrogens is 440 g/mol. The van der Waals surface area contributed by atoms with Crippen molar-refractivity contribution in [2.24, 2.45) is 0 Å². The predicted molar refractivity (Wildman–Crippen MR) is 122 cm³/mol. The van der Waals surface area contributed by atoms with Gasteiger partial charge in [0.25, 0.3) is 5.78 Å². The molecule has 1 aromatic carbocycles. The zero-order valence-electron chi connectivity index (χ0n) is 16.9. The molecular formula is C20H19ClN6OS2. The minimum atomic E-state index is -0.149. The molecule has 4 rings (SSSR count). The first kappa shape index (κ1) is 20.8. The number of halogens is 1. The average Bonchev–Trinajstić information content (AvgIpc) is 3.29. The van der Waals surface area contributed by atoms with Crippen LogP contribution in [-0.4, -0.2) is 36.7 Å². The molecule has 30 heavy (non-hydrogen) atoms. The summed E-state index contributed by atoms with van der Waals surface area (Å²) in [6, 6.07) is 7.50. The van der Waals surface area contributed by atoms with Gasteiger partial charge in [-0.2, -0.15) is 4.98 Å². The monoisotopic (exact) mass is 458 g/mol. The first-order valence-corrected chi connectivity index (χ1v) is 11.6. The number of hydrogen-bond acceptors (Lipinski definition) is 7. The summed E-state index contributed by atoms with van der Waals surface area (Å²) in [5, 5.41) is 9.24. The van der Waals surface area contributed by atoms with Gasteiger partial charge in [-0.25, -0.2) is 14.5 Å².